The number of nitrogens with zero attached hydrogens (tertiary/aromatic N) is 2. The van der Waals surface area contributed by atoms with Crippen LogP contribution in [-0.2, 0) is 5.41 Å². The van der Waals surface area contributed by atoms with E-state index >= 15 is 0 Å². The van der Waals surface area contributed by atoms with Crippen molar-refractivity contribution in [3.8, 4) is 0 Å². The fourth-order valence-corrected chi connectivity index (χ4v) is 2.69. The second-order valence-electron chi connectivity index (χ2n) is 5.85. The van der Waals surface area contributed by atoms with Gasteiger partial charge in [0.1, 0.15) is 0 Å². The second-order valence-corrected chi connectivity index (χ2v) is 5.85. The van der Waals surface area contributed by atoms with E-state index in [1.54, 1.807) is 0 Å². The SMILES string of the molecule is CNC1CCC(c2nc(C3(C)CC3)no2)CC1. The molecular formula is C13H21N3O. The maximum Gasteiger partial charge on any atom is 0.229 e. The number of aromatic nitrogens is 2. The van der Waals surface area contributed by atoms with Crippen molar-refractivity contribution in [3.05, 3.63) is 11.7 Å². The van der Waals surface area contributed by atoms with Crippen LogP contribution in [0.3, 0.4) is 0 Å². The third-order valence-electron chi connectivity index (χ3n) is 4.47. The van der Waals surface area contributed by atoms with Crippen LogP contribution in [0.4, 0.5) is 0 Å². The van der Waals surface area contributed by atoms with Gasteiger partial charge in [0.2, 0.25) is 5.89 Å². The Labute approximate surface area is 102 Å². The zero-order valence-electron chi connectivity index (χ0n) is 10.7. The van der Waals surface area contributed by atoms with Gasteiger partial charge in [-0.25, -0.2) is 0 Å². The number of nitrogens with one attached hydrogen (secondary N) is 1. The van der Waals surface area contributed by atoms with E-state index < -0.39 is 0 Å². The Morgan fingerprint density at radius 3 is 2.53 bits per heavy atom. The van der Waals surface area contributed by atoms with Crippen LogP contribution in [0.25, 0.3) is 0 Å². The fraction of sp³-hybridized carbons (Fsp3) is 0.846. The Bertz CT molecular complexity index is 389. The molecule has 1 aromatic rings. The molecule has 2 aliphatic carbocycles. The van der Waals surface area contributed by atoms with Gasteiger partial charge in [0.25, 0.3) is 0 Å². The normalized spacial score (nSPS) is 31.4. The maximum atomic E-state index is 5.46. The minimum absolute atomic E-state index is 0.226. The van der Waals surface area contributed by atoms with Gasteiger partial charge in [-0.05, 0) is 45.6 Å². The largest absolute Gasteiger partial charge is 0.339 e. The molecule has 2 saturated carbocycles. The van der Waals surface area contributed by atoms with Crippen molar-refractivity contribution in [2.75, 3.05) is 7.05 Å². The van der Waals surface area contributed by atoms with Gasteiger partial charge in [0.15, 0.2) is 5.82 Å². The lowest BCUT2D eigenvalue weighted by Crippen LogP contribution is -2.29. The Morgan fingerprint density at radius 2 is 1.94 bits per heavy atom. The van der Waals surface area contributed by atoms with Crippen molar-refractivity contribution >= 4 is 0 Å². The summed E-state index contributed by atoms with van der Waals surface area (Å²) in [6, 6.07) is 0.676. The molecule has 0 aliphatic heterocycles. The van der Waals surface area contributed by atoms with Crippen molar-refractivity contribution in [1.29, 1.82) is 0 Å². The maximum absolute atomic E-state index is 5.46. The van der Waals surface area contributed by atoms with Crippen LogP contribution in [0.15, 0.2) is 4.52 Å². The van der Waals surface area contributed by atoms with Crippen LogP contribution >= 0.6 is 0 Å². The lowest BCUT2D eigenvalue weighted by molar-refractivity contribution is 0.287. The summed E-state index contributed by atoms with van der Waals surface area (Å²) in [4.78, 5) is 4.62. The van der Waals surface area contributed by atoms with Crippen LogP contribution in [-0.4, -0.2) is 23.2 Å². The highest BCUT2D eigenvalue weighted by atomic mass is 16.5. The summed E-state index contributed by atoms with van der Waals surface area (Å²) >= 11 is 0. The van der Waals surface area contributed by atoms with Gasteiger partial charge in [-0.3, -0.25) is 0 Å². The summed E-state index contributed by atoms with van der Waals surface area (Å²) in [6.45, 7) is 2.22. The summed E-state index contributed by atoms with van der Waals surface area (Å²) in [5.74, 6) is 2.30. The van der Waals surface area contributed by atoms with Crippen LogP contribution < -0.4 is 5.32 Å². The van der Waals surface area contributed by atoms with Crippen molar-refractivity contribution in [1.82, 2.24) is 15.5 Å². The molecule has 0 amide bonds. The van der Waals surface area contributed by atoms with Crippen molar-refractivity contribution in [2.24, 2.45) is 0 Å². The molecule has 0 saturated heterocycles. The van der Waals surface area contributed by atoms with Gasteiger partial charge in [-0.1, -0.05) is 12.1 Å². The Kier molecular flexibility index (Phi) is 2.69. The third-order valence-corrected chi connectivity index (χ3v) is 4.47. The van der Waals surface area contributed by atoms with E-state index in [4.69, 9.17) is 4.52 Å². The molecule has 0 radical (unpaired) electrons. The monoisotopic (exact) mass is 235 g/mol. The average molecular weight is 235 g/mol. The number of hydrogen-bond acceptors (Lipinski definition) is 4. The smallest absolute Gasteiger partial charge is 0.229 e. The van der Waals surface area contributed by atoms with Gasteiger partial charge >= 0.3 is 0 Å². The predicted molar refractivity (Wildman–Crippen MR) is 64.9 cm³/mol. The molecule has 1 heterocycles. The molecule has 2 fully saturated rings. The van der Waals surface area contributed by atoms with Gasteiger partial charge in [0.05, 0.1) is 0 Å². The second kappa shape index (κ2) is 4.09. The molecule has 3 rings (SSSR count). The Balaban J connectivity index is 1.67. The van der Waals surface area contributed by atoms with Crippen LogP contribution in [0.5, 0.6) is 0 Å². The van der Waals surface area contributed by atoms with Gasteiger partial charge < -0.3 is 9.84 Å². The lowest BCUT2D eigenvalue weighted by Gasteiger charge is -2.25. The van der Waals surface area contributed by atoms with Crippen molar-refractivity contribution in [2.45, 2.75) is 62.8 Å². The van der Waals surface area contributed by atoms with Crippen LogP contribution in [0, 0.1) is 0 Å². The molecule has 1 N–H and O–H groups in total. The third kappa shape index (κ3) is 2.10. The molecule has 0 aromatic carbocycles. The van der Waals surface area contributed by atoms with E-state index in [9.17, 15) is 0 Å². The summed E-state index contributed by atoms with van der Waals surface area (Å²) in [5.41, 5.74) is 0.226. The van der Waals surface area contributed by atoms with Crippen LogP contribution in [0.2, 0.25) is 0 Å². The molecule has 0 spiro atoms. The topological polar surface area (TPSA) is 51.0 Å². The molecule has 4 nitrogen and oxygen atoms in total. The molecule has 0 bridgehead atoms. The zero-order chi connectivity index (χ0) is 11.9. The minimum atomic E-state index is 0.226. The quantitative estimate of drug-likeness (QED) is 0.874. The molecule has 4 heteroatoms. The van der Waals surface area contributed by atoms with E-state index in [-0.39, 0.29) is 5.41 Å². The number of hydrogen-bond donors (Lipinski definition) is 1. The molecule has 0 unspecified atom stereocenters. The van der Waals surface area contributed by atoms with E-state index in [1.165, 1.54) is 38.5 Å². The fourth-order valence-electron chi connectivity index (χ4n) is 2.69. The van der Waals surface area contributed by atoms with Crippen molar-refractivity contribution < 1.29 is 4.52 Å². The van der Waals surface area contributed by atoms with E-state index in [0.717, 1.165) is 11.7 Å². The van der Waals surface area contributed by atoms with Gasteiger partial charge in [-0.2, -0.15) is 4.98 Å². The minimum Gasteiger partial charge on any atom is -0.339 e. The van der Waals surface area contributed by atoms with Crippen molar-refractivity contribution in [3.63, 3.8) is 0 Å². The molecule has 94 valence electrons. The first-order valence-electron chi connectivity index (χ1n) is 6.72. The van der Waals surface area contributed by atoms with E-state index in [2.05, 4.69) is 22.4 Å². The first-order valence-corrected chi connectivity index (χ1v) is 6.72. The molecule has 0 atom stereocenters. The highest BCUT2D eigenvalue weighted by Crippen LogP contribution is 2.46. The first-order chi connectivity index (χ1) is 8.21. The summed E-state index contributed by atoms with van der Waals surface area (Å²) < 4.78 is 5.46. The van der Waals surface area contributed by atoms with Gasteiger partial charge in [0, 0.05) is 17.4 Å². The Hall–Kier alpha value is -0.900. The zero-order valence-corrected chi connectivity index (χ0v) is 10.7. The molecule has 1 aromatic heterocycles. The summed E-state index contributed by atoms with van der Waals surface area (Å²) in [7, 11) is 2.05. The summed E-state index contributed by atoms with van der Waals surface area (Å²) in [5, 5.41) is 7.51. The summed E-state index contributed by atoms with van der Waals surface area (Å²) in [6.07, 6.45) is 7.19. The van der Waals surface area contributed by atoms with E-state index in [0.29, 0.717) is 12.0 Å². The highest BCUT2D eigenvalue weighted by Gasteiger charge is 2.44. The molecular weight excluding hydrogens is 214 g/mol. The van der Waals surface area contributed by atoms with Gasteiger partial charge in [-0.15, -0.1) is 0 Å². The molecule has 2 aliphatic rings. The lowest BCUT2D eigenvalue weighted by atomic mass is 9.86. The number of rotatable bonds is 3. The van der Waals surface area contributed by atoms with Crippen LogP contribution in [0.1, 0.15) is 63.1 Å². The predicted octanol–water partition coefficient (Wildman–Crippen LogP) is 2.37. The highest BCUT2D eigenvalue weighted by molar-refractivity contribution is 5.15. The standard InChI is InChI=1S/C13H21N3O/c1-13(7-8-13)12-15-11(17-16-12)9-3-5-10(14-2)6-4-9/h9-10,14H,3-8H2,1-2H3. The van der Waals surface area contributed by atoms with E-state index in [1.807, 2.05) is 7.05 Å². The first kappa shape index (κ1) is 11.2. The molecule has 17 heavy (non-hydrogen) atoms. The average Bonchev–Trinajstić information content (AvgIpc) is 2.94. The Morgan fingerprint density at radius 1 is 1.24 bits per heavy atom.